The van der Waals surface area contributed by atoms with Crippen molar-refractivity contribution in [1.29, 1.82) is 0 Å². The average molecular weight is 345 g/mol. The quantitative estimate of drug-likeness (QED) is 0.512. The molecule has 0 saturated carbocycles. The molecule has 0 saturated heterocycles. The number of aromatic nitrogens is 5. The minimum absolute atomic E-state index is 0.451. The Hall–Kier alpha value is -2.39. The second-order valence-electron chi connectivity index (χ2n) is 4.66. The molecule has 23 heavy (non-hydrogen) atoms. The van der Waals surface area contributed by atoms with Crippen LogP contribution in [0.3, 0.4) is 0 Å². The van der Waals surface area contributed by atoms with Gasteiger partial charge in [-0.1, -0.05) is 23.0 Å². The van der Waals surface area contributed by atoms with E-state index in [-0.39, 0.29) is 0 Å². The molecule has 0 atom stereocenters. The highest BCUT2D eigenvalue weighted by Gasteiger charge is 2.14. The van der Waals surface area contributed by atoms with E-state index in [9.17, 15) is 0 Å². The molecule has 0 fully saturated rings. The molecule has 0 spiro atoms. The molecule has 0 aliphatic heterocycles. The molecule has 9 heteroatoms. The van der Waals surface area contributed by atoms with Crippen LogP contribution in [0.25, 0.3) is 22.2 Å². The van der Waals surface area contributed by atoms with E-state index in [1.165, 1.54) is 11.8 Å². The molecule has 7 nitrogen and oxygen atoms in total. The van der Waals surface area contributed by atoms with Crippen molar-refractivity contribution in [3.63, 3.8) is 0 Å². The minimum Gasteiger partial charge on any atom is -0.472 e. The first-order valence-electron chi connectivity index (χ1n) is 6.72. The molecule has 4 aromatic rings. The zero-order valence-corrected chi connectivity index (χ0v) is 13.7. The zero-order chi connectivity index (χ0) is 15.6. The Bertz CT molecular complexity index is 896. The van der Waals surface area contributed by atoms with Gasteiger partial charge in [0.1, 0.15) is 6.26 Å². The third-order valence-corrected chi connectivity index (χ3v) is 5.03. The van der Waals surface area contributed by atoms with Gasteiger partial charge >= 0.3 is 0 Å². The third kappa shape index (κ3) is 2.80. The monoisotopic (exact) mass is 345 g/mol. The standard InChI is InChI=1S/C14H11N5O2S2/c1-19-12(10-3-2-6-22-10)16-17-14(19)23-8-11-15-13(21-18-11)9-4-5-20-7-9/h2-7H,8H2,1H3. The van der Waals surface area contributed by atoms with E-state index in [1.807, 2.05) is 29.1 Å². The highest BCUT2D eigenvalue weighted by molar-refractivity contribution is 7.98. The summed E-state index contributed by atoms with van der Waals surface area (Å²) in [6.07, 6.45) is 3.14. The van der Waals surface area contributed by atoms with Crippen molar-refractivity contribution >= 4 is 23.1 Å². The second kappa shape index (κ2) is 6.01. The van der Waals surface area contributed by atoms with E-state index < -0.39 is 0 Å². The lowest BCUT2D eigenvalue weighted by molar-refractivity contribution is 0.424. The summed E-state index contributed by atoms with van der Waals surface area (Å²) in [5.41, 5.74) is 0.771. The van der Waals surface area contributed by atoms with Crippen molar-refractivity contribution in [2.24, 2.45) is 7.05 Å². The number of hydrogen-bond donors (Lipinski definition) is 0. The van der Waals surface area contributed by atoms with Gasteiger partial charge in [0.2, 0.25) is 0 Å². The maximum atomic E-state index is 5.22. The molecular formula is C14H11N5O2S2. The van der Waals surface area contributed by atoms with E-state index in [1.54, 1.807) is 29.9 Å². The van der Waals surface area contributed by atoms with Crippen LogP contribution in [0.1, 0.15) is 5.82 Å². The Kier molecular flexibility index (Phi) is 3.72. The van der Waals surface area contributed by atoms with Crippen LogP contribution in [-0.4, -0.2) is 24.9 Å². The van der Waals surface area contributed by atoms with Gasteiger partial charge in [0.05, 0.1) is 22.5 Å². The molecule has 4 aromatic heterocycles. The molecule has 116 valence electrons. The SMILES string of the molecule is Cn1c(SCc2noc(-c3ccoc3)n2)nnc1-c1cccs1. The van der Waals surface area contributed by atoms with E-state index in [0.29, 0.717) is 17.5 Å². The average Bonchev–Trinajstić information content (AvgIpc) is 3.33. The van der Waals surface area contributed by atoms with Gasteiger partial charge in [-0.05, 0) is 17.5 Å². The summed E-state index contributed by atoms with van der Waals surface area (Å²) in [4.78, 5) is 5.43. The lowest BCUT2D eigenvalue weighted by Gasteiger charge is -2.00. The first kappa shape index (κ1) is 14.2. The van der Waals surface area contributed by atoms with Gasteiger partial charge in [0.25, 0.3) is 5.89 Å². The van der Waals surface area contributed by atoms with Gasteiger partial charge in [-0.25, -0.2) is 0 Å². The predicted molar refractivity (Wildman–Crippen MR) is 85.9 cm³/mol. The van der Waals surface area contributed by atoms with Crippen LogP contribution in [0, 0.1) is 0 Å². The van der Waals surface area contributed by atoms with Crippen LogP contribution in [0.4, 0.5) is 0 Å². The third-order valence-electron chi connectivity index (χ3n) is 3.14. The molecule has 0 radical (unpaired) electrons. The topological polar surface area (TPSA) is 82.8 Å². The van der Waals surface area contributed by atoms with Gasteiger partial charge in [-0.2, -0.15) is 4.98 Å². The molecule has 0 aliphatic rings. The number of thioether (sulfide) groups is 1. The summed E-state index contributed by atoms with van der Waals surface area (Å²) in [7, 11) is 1.95. The smallest absolute Gasteiger partial charge is 0.261 e. The molecule has 4 rings (SSSR count). The molecule has 0 N–H and O–H groups in total. The van der Waals surface area contributed by atoms with Crippen molar-refractivity contribution < 1.29 is 8.94 Å². The predicted octanol–water partition coefficient (Wildman–Crippen LogP) is 3.48. The highest BCUT2D eigenvalue weighted by atomic mass is 32.2. The maximum Gasteiger partial charge on any atom is 0.261 e. The molecule has 0 amide bonds. The van der Waals surface area contributed by atoms with Crippen LogP contribution in [0.15, 0.2) is 50.2 Å². The summed E-state index contributed by atoms with van der Waals surface area (Å²) in [5.74, 6) is 2.46. The first-order chi connectivity index (χ1) is 11.3. The molecule has 0 unspecified atom stereocenters. The Morgan fingerprint density at radius 2 is 2.26 bits per heavy atom. The van der Waals surface area contributed by atoms with E-state index in [0.717, 1.165) is 21.4 Å². The van der Waals surface area contributed by atoms with Gasteiger partial charge in [0, 0.05) is 7.05 Å². The lowest BCUT2D eigenvalue weighted by Crippen LogP contribution is -1.94. The number of hydrogen-bond acceptors (Lipinski definition) is 8. The van der Waals surface area contributed by atoms with Gasteiger partial charge in [-0.15, -0.1) is 21.5 Å². The Balaban J connectivity index is 1.48. The molecular weight excluding hydrogens is 334 g/mol. The first-order valence-corrected chi connectivity index (χ1v) is 8.59. The van der Waals surface area contributed by atoms with Crippen molar-refractivity contribution in [1.82, 2.24) is 24.9 Å². The fourth-order valence-corrected chi connectivity index (χ4v) is 3.50. The van der Waals surface area contributed by atoms with E-state index in [4.69, 9.17) is 8.94 Å². The van der Waals surface area contributed by atoms with Crippen molar-refractivity contribution in [3.05, 3.63) is 41.9 Å². The summed E-state index contributed by atoms with van der Waals surface area (Å²) >= 11 is 3.15. The summed E-state index contributed by atoms with van der Waals surface area (Å²) in [5, 5.41) is 15.3. The van der Waals surface area contributed by atoms with Crippen LogP contribution < -0.4 is 0 Å². The normalized spacial score (nSPS) is 11.2. The van der Waals surface area contributed by atoms with Gasteiger partial charge in [-0.3, -0.25) is 0 Å². The van der Waals surface area contributed by atoms with Crippen LogP contribution in [0.2, 0.25) is 0 Å². The molecule has 0 bridgehead atoms. The Morgan fingerprint density at radius 3 is 3.04 bits per heavy atom. The van der Waals surface area contributed by atoms with Crippen molar-refractivity contribution in [2.45, 2.75) is 10.9 Å². The second-order valence-corrected chi connectivity index (χ2v) is 6.55. The molecule has 0 aromatic carbocycles. The number of nitrogens with zero attached hydrogens (tertiary/aromatic N) is 5. The number of thiophene rings is 1. The summed E-state index contributed by atoms with van der Waals surface area (Å²) in [6, 6.07) is 5.80. The largest absolute Gasteiger partial charge is 0.472 e. The summed E-state index contributed by atoms with van der Waals surface area (Å²) < 4.78 is 12.2. The summed E-state index contributed by atoms with van der Waals surface area (Å²) in [6.45, 7) is 0. The van der Waals surface area contributed by atoms with Crippen LogP contribution >= 0.6 is 23.1 Å². The maximum absolute atomic E-state index is 5.22. The van der Waals surface area contributed by atoms with Crippen LogP contribution in [-0.2, 0) is 12.8 Å². The Labute approximate surface area is 139 Å². The van der Waals surface area contributed by atoms with Crippen molar-refractivity contribution in [2.75, 3.05) is 0 Å². The fraction of sp³-hybridized carbons (Fsp3) is 0.143. The van der Waals surface area contributed by atoms with Crippen molar-refractivity contribution in [3.8, 4) is 22.2 Å². The van der Waals surface area contributed by atoms with E-state index in [2.05, 4.69) is 20.3 Å². The minimum atomic E-state index is 0.451. The Morgan fingerprint density at radius 1 is 1.30 bits per heavy atom. The van der Waals surface area contributed by atoms with Gasteiger partial charge in [0.15, 0.2) is 16.8 Å². The zero-order valence-electron chi connectivity index (χ0n) is 12.0. The number of rotatable bonds is 5. The molecule has 0 aliphatic carbocycles. The van der Waals surface area contributed by atoms with E-state index >= 15 is 0 Å². The number of furan rings is 1. The van der Waals surface area contributed by atoms with Crippen LogP contribution in [0.5, 0.6) is 0 Å². The van der Waals surface area contributed by atoms with Gasteiger partial charge < -0.3 is 13.5 Å². The lowest BCUT2D eigenvalue weighted by atomic mass is 10.3. The molecule has 4 heterocycles. The highest BCUT2D eigenvalue weighted by Crippen LogP contribution is 2.27. The fourth-order valence-electron chi connectivity index (χ4n) is 2.01.